The molecule has 0 aliphatic heterocycles. The van der Waals surface area contributed by atoms with E-state index >= 15 is 0 Å². The van der Waals surface area contributed by atoms with Gasteiger partial charge in [-0.3, -0.25) is 9.59 Å². The van der Waals surface area contributed by atoms with Crippen LogP contribution in [0.25, 0.3) is 6.08 Å². The maximum Gasteiger partial charge on any atom is 0.328 e. The van der Waals surface area contributed by atoms with Gasteiger partial charge in [-0.25, -0.2) is 4.79 Å². The van der Waals surface area contributed by atoms with Gasteiger partial charge in [0.1, 0.15) is 6.61 Å². The number of hydrogen-bond donors (Lipinski definition) is 3. The summed E-state index contributed by atoms with van der Waals surface area (Å²) in [6.07, 6.45) is 2.42. The lowest BCUT2D eigenvalue weighted by atomic mass is 10.3. The number of amides is 2. The average molecular weight is 298 g/mol. The van der Waals surface area contributed by atoms with Gasteiger partial charge in [0.2, 0.25) is 5.91 Å². The van der Waals surface area contributed by atoms with Crippen LogP contribution in [0.3, 0.4) is 0 Å². The van der Waals surface area contributed by atoms with Gasteiger partial charge in [0.25, 0.3) is 5.91 Å². The first-order chi connectivity index (χ1) is 9.49. The summed E-state index contributed by atoms with van der Waals surface area (Å²) in [5.74, 6) is -1.90. The van der Waals surface area contributed by atoms with Crippen molar-refractivity contribution in [1.82, 2.24) is 5.32 Å². The molecule has 0 aliphatic rings. The topological polar surface area (TPSA) is 119 Å². The number of aliphatic carboxylic acids is 1. The molecule has 1 aromatic heterocycles. The van der Waals surface area contributed by atoms with Gasteiger partial charge in [-0.1, -0.05) is 0 Å². The van der Waals surface area contributed by atoms with Crippen LogP contribution in [-0.4, -0.2) is 42.6 Å². The molecule has 1 heterocycles. The summed E-state index contributed by atoms with van der Waals surface area (Å²) >= 11 is 1.26. The van der Waals surface area contributed by atoms with Gasteiger partial charge < -0.3 is 20.9 Å². The van der Waals surface area contributed by atoms with E-state index in [2.05, 4.69) is 5.32 Å². The molecular weight excluding hydrogens is 284 g/mol. The highest BCUT2D eigenvalue weighted by molar-refractivity contribution is 7.11. The Hall–Kier alpha value is -2.19. The fourth-order valence-corrected chi connectivity index (χ4v) is 2.00. The molecule has 0 spiro atoms. The first-order valence-electron chi connectivity index (χ1n) is 5.63. The average Bonchev–Trinajstić information content (AvgIpc) is 2.84. The molecule has 0 saturated carbocycles. The molecule has 1 aromatic rings. The molecule has 0 unspecified atom stereocenters. The number of primary amides is 1. The molecule has 8 heteroatoms. The van der Waals surface area contributed by atoms with E-state index in [1.165, 1.54) is 17.4 Å². The van der Waals surface area contributed by atoms with Crippen molar-refractivity contribution in [1.29, 1.82) is 0 Å². The normalized spacial score (nSPS) is 10.6. The van der Waals surface area contributed by atoms with Crippen LogP contribution >= 0.6 is 11.3 Å². The van der Waals surface area contributed by atoms with Gasteiger partial charge in [0.15, 0.2) is 0 Å². The Bertz CT molecular complexity index is 524. The minimum absolute atomic E-state index is 0.182. The molecule has 0 bridgehead atoms. The SMILES string of the molecule is NC(=O)COCCNC(=O)c1csc(/C=C/C(=O)O)c1. The maximum absolute atomic E-state index is 11.7. The third kappa shape index (κ3) is 6.12. The van der Waals surface area contributed by atoms with Crippen LogP contribution in [0.4, 0.5) is 0 Å². The van der Waals surface area contributed by atoms with E-state index in [9.17, 15) is 14.4 Å². The number of nitrogens with one attached hydrogen (secondary N) is 1. The molecule has 0 aromatic carbocycles. The highest BCUT2D eigenvalue weighted by atomic mass is 32.1. The molecule has 0 aliphatic carbocycles. The molecule has 0 fully saturated rings. The fraction of sp³-hybridized carbons (Fsp3) is 0.250. The fourth-order valence-electron chi connectivity index (χ4n) is 1.22. The van der Waals surface area contributed by atoms with E-state index in [0.717, 1.165) is 6.08 Å². The van der Waals surface area contributed by atoms with Gasteiger partial charge >= 0.3 is 5.97 Å². The Morgan fingerprint density at radius 1 is 1.45 bits per heavy atom. The summed E-state index contributed by atoms with van der Waals surface area (Å²) < 4.78 is 4.89. The van der Waals surface area contributed by atoms with Crippen LogP contribution in [0.15, 0.2) is 17.5 Å². The van der Waals surface area contributed by atoms with Crippen molar-refractivity contribution in [3.05, 3.63) is 28.0 Å². The molecule has 7 nitrogen and oxygen atoms in total. The van der Waals surface area contributed by atoms with E-state index in [0.29, 0.717) is 10.4 Å². The standard InChI is InChI=1S/C12H14N2O5S/c13-10(15)6-19-4-3-14-12(18)8-5-9(20-7-8)1-2-11(16)17/h1-2,5,7H,3-4,6H2,(H2,13,15)(H,14,18)(H,16,17)/b2-1+. The lowest BCUT2D eigenvalue weighted by Gasteiger charge is -2.03. The van der Waals surface area contributed by atoms with Gasteiger partial charge in [0.05, 0.1) is 12.2 Å². The molecule has 0 saturated heterocycles. The lowest BCUT2D eigenvalue weighted by molar-refractivity contribution is -0.131. The number of carboxylic acid groups (broad SMARTS) is 1. The summed E-state index contributed by atoms with van der Waals surface area (Å²) in [6.45, 7) is 0.255. The second-order valence-electron chi connectivity index (χ2n) is 3.68. The predicted octanol–water partition coefficient (Wildman–Crippen LogP) is 0.0776. The van der Waals surface area contributed by atoms with Crippen molar-refractivity contribution < 1.29 is 24.2 Å². The van der Waals surface area contributed by atoms with E-state index in [4.69, 9.17) is 15.6 Å². The summed E-state index contributed by atoms with van der Waals surface area (Å²) in [7, 11) is 0. The Kier molecular flexibility index (Phi) is 6.41. The smallest absolute Gasteiger partial charge is 0.328 e. The van der Waals surface area contributed by atoms with Crippen LogP contribution in [-0.2, 0) is 14.3 Å². The van der Waals surface area contributed by atoms with Gasteiger partial charge in [0, 0.05) is 22.9 Å². The minimum Gasteiger partial charge on any atom is -0.478 e. The zero-order valence-corrected chi connectivity index (χ0v) is 11.3. The van der Waals surface area contributed by atoms with Gasteiger partial charge in [-0.15, -0.1) is 11.3 Å². The Morgan fingerprint density at radius 2 is 2.20 bits per heavy atom. The second-order valence-corrected chi connectivity index (χ2v) is 4.63. The number of ether oxygens (including phenoxy) is 1. The third-order valence-corrected chi connectivity index (χ3v) is 2.95. The molecule has 108 valence electrons. The molecule has 4 N–H and O–H groups in total. The summed E-state index contributed by atoms with van der Waals surface area (Å²) in [5, 5.41) is 12.7. The van der Waals surface area contributed by atoms with Gasteiger partial charge in [-0.2, -0.15) is 0 Å². The Labute approximate surface area is 119 Å². The van der Waals surface area contributed by atoms with E-state index in [-0.39, 0.29) is 25.7 Å². The predicted molar refractivity (Wildman–Crippen MR) is 73.3 cm³/mol. The van der Waals surface area contributed by atoms with E-state index in [1.54, 1.807) is 11.4 Å². The number of carbonyl (C=O) groups excluding carboxylic acids is 2. The number of hydrogen-bond acceptors (Lipinski definition) is 5. The number of carboxylic acids is 1. The van der Waals surface area contributed by atoms with Crippen LogP contribution in [0.2, 0.25) is 0 Å². The van der Waals surface area contributed by atoms with Crippen molar-refractivity contribution in [2.75, 3.05) is 19.8 Å². The molecular formula is C12H14N2O5S. The van der Waals surface area contributed by atoms with Crippen LogP contribution < -0.4 is 11.1 Å². The van der Waals surface area contributed by atoms with Crippen molar-refractivity contribution >= 4 is 35.2 Å². The van der Waals surface area contributed by atoms with Crippen molar-refractivity contribution in [2.45, 2.75) is 0 Å². The molecule has 20 heavy (non-hydrogen) atoms. The Balaban J connectivity index is 2.36. The number of thiophene rings is 1. The highest BCUT2D eigenvalue weighted by Gasteiger charge is 2.07. The van der Waals surface area contributed by atoms with Crippen molar-refractivity contribution in [3.63, 3.8) is 0 Å². The zero-order chi connectivity index (χ0) is 15.0. The highest BCUT2D eigenvalue weighted by Crippen LogP contribution is 2.16. The number of rotatable bonds is 8. The summed E-state index contributed by atoms with van der Waals surface area (Å²) in [5.41, 5.74) is 5.32. The van der Waals surface area contributed by atoms with Crippen LogP contribution in [0, 0.1) is 0 Å². The molecule has 0 atom stereocenters. The summed E-state index contributed by atoms with van der Waals surface area (Å²) in [4.78, 5) is 33.1. The van der Waals surface area contributed by atoms with E-state index < -0.39 is 11.9 Å². The first-order valence-corrected chi connectivity index (χ1v) is 6.51. The minimum atomic E-state index is -1.05. The monoisotopic (exact) mass is 298 g/mol. The largest absolute Gasteiger partial charge is 0.478 e. The van der Waals surface area contributed by atoms with Crippen molar-refractivity contribution in [2.24, 2.45) is 5.73 Å². The third-order valence-electron chi connectivity index (χ3n) is 2.05. The van der Waals surface area contributed by atoms with Gasteiger partial charge in [-0.05, 0) is 12.1 Å². The first kappa shape index (κ1) is 15.9. The molecule has 0 radical (unpaired) electrons. The number of nitrogens with two attached hydrogens (primary N) is 1. The number of carbonyl (C=O) groups is 3. The van der Waals surface area contributed by atoms with E-state index in [1.807, 2.05) is 0 Å². The second kappa shape index (κ2) is 8.08. The Morgan fingerprint density at radius 3 is 2.85 bits per heavy atom. The lowest BCUT2D eigenvalue weighted by Crippen LogP contribution is -2.28. The maximum atomic E-state index is 11.7. The zero-order valence-electron chi connectivity index (χ0n) is 10.5. The molecule has 2 amide bonds. The quantitative estimate of drug-likeness (QED) is 0.464. The van der Waals surface area contributed by atoms with Crippen LogP contribution in [0.5, 0.6) is 0 Å². The van der Waals surface area contributed by atoms with Crippen molar-refractivity contribution in [3.8, 4) is 0 Å². The van der Waals surface area contributed by atoms with Crippen LogP contribution in [0.1, 0.15) is 15.2 Å². The summed E-state index contributed by atoms with van der Waals surface area (Å²) in [6, 6.07) is 1.59. The molecule has 1 rings (SSSR count).